The SMILES string of the molecule is CCOC(=O)c1ccc(NC(=O)COc2ccc(Cl)cc2[C@@H]2c3sc(=O)[nH]c3S[C@H]3C(=O)N(c4ccc(C(=O)OCC)cc4)C(=O)[C@@H]23)cc1. The maximum Gasteiger partial charge on any atom is 0.338 e. The number of carbonyl (C=O) groups excluding carboxylic acids is 5. The van der Waals surface area contributed by atoms with Gasteiger partial charge >= 0.3 is 16.8 Å². The molecule has 0 radical (unpaired) electrons. The molecule has 4 aromatic rings. The topological polar surface area (TPSA) is 161 Å². The third-order valence-electron chi connectivity index (χ3n) is 7.81. The second kappa shape index (κ2) is 14.3. The number of carbonyl (C=O) groups is 5. The van der Waals surface area contributed by atoms with E-state index in [4.69, 9.17) is 25.8 Å². The van der Waals surface area contributed by atoms with Crippen molar-refractivity contribution in [1.82, 2.24) is 4.98 Å². The summed E-state index contributed by atoms with van der Waals surface area (Å²) in [4.78, 5) is 81.7. The first-order valence-corrected chi connectivity index (χ1v) is 17.2. The van der Waals surface area contributed by atoms with Crippen LogP contribution in [0, 0.1) is 5.92 Å². The number of H-pyrrole nitrogens is 1. The van der Waals surface area contributed by atoms with E-state index in [1.807, 2.05) is 0 Å². The van der Waals surface area contributed by atoms with Gasteiger partial charge in [0, 0.05) is 27.1 Å². The number of halogens is 1. The van der Waals surface area contributed by atoms with E-state index in [0.29, 0.717) is 31.7 Å². The molecule has 3 aromatic carbocycles. The molecule has 1 saturated heterocycles. The average molecular weight is 722 g/mol. The lowest BCUT2D eigenvalue weighted by Gasteiger charge is -2.31. The zero-order valence-corrected chi connectivity index (χ0v) is 28.4. The smallest absolute Gasteiger partial charge is 0.338 e. The molecule has 3 atom stereocenters. The van der Waals surface area contributed by atoms with Gasteiger partial charge in [0.25, 0.3) is 5.91 Å². The minimum absolute atomic E-state index is 0.199. The molecular weight excluding hydrogens is 694 g/mol. The number of rotatable bonds is 10. The molecule has 6 rings (SSSR count). The molecule has 1 aromatic heterocycles. The van der Waals surface area contributed by atoms with E-state index in [1.54, 1.807) is 44.2 Å². The summed E-state index contributed by atoms with van der Waals surface area (Å²) in [7, 11) is 0. The van der Waals surface area contributed by atoms with Crippen molar-refractivity contribution in [3.8, 4) is 5.75 Å². The second-order valence-corrected chi connectivity index (χ2v) is 13.4. The Morgan fingerprint density at radius 2 is 1.51 bits per heavy atom. The standard InChI is InChI=1S/C34H28ClN3O9S2/c1-3-45-32(42)17-5-10-20(11-6-17)36-24(39)16-47-23-14-9-19(35)15-22(23)25-26-28(48-29-27(25)49-34(44)37-29)31(41)38(30(26)40)21-12-7-18(8-13-21)33(43)46-4-2/h5-15,25-26,28H,3-4,16H2,1-2H3,(H,36,39)(H,37,44)/t25-,26-,28+/m0/s1. The maximum absolute atomic E-state index is 14.2. The first-order valence-electron chi connectivity index (χ1n) is 15.1. The molecule has 2 aliphatic heterocycles. The number of ether oxygens (including phenoxy) is 3. The van der Waals surface area contributed by atoms with Crippen LogP contribution in [0.25, 0.3) is 0 Å². The molecule has 3 heterocycles. The number of benzene rings is 3. The van der Waals surface area contributed by atoms with Gasteiger partial charge < -0.3 is 24.5 Å². The van der Waals surface area contributed by atoms with Crippen molar-refractivity contribution in [2.75, 3.05) is 30.0 Å². The molecule has 1 fully saturated rings. The highest BCUT2D eigenvalue weighted by atomic mass is 35.5. The van der Waals surface area contributed by atoms with Crippen LogP contribution in [0.2, 0.25) is 5.02 Å². The van der Waals surface area contributed by atoms with Crippen molar-refractivity contribution < 1.29 is 38.2 Å². The summed E-state index contributed by atoms with van der Waals surface area (Å²) in [6.07, 6.45) is 0. The van der Waals surface area contributed by atoms with Crippen LogP contribution in [0.15, 0.2) is 76.6 Å². The molecule has 0 spiro atoms. The Bertz CT molecular complexity index is 2010. The van der Waals surface area contributed by atoms with Crippen molar-refractivity contribution in [2.24, 2.45) is 5.92 Å². The van der Waals surface area contributed by atoms with Crippen LogP contribution in [0.1, 0.15) is 50.9 Å². The highest BCUT2D eigenvalue weighted by molar-refractivity contribution is 8.00. The van der Waals surface area contributed by atoms with Crippen LogP contribution in [0.3, 0.4) is 0 Å². The number of amides is 3. The number of nitrogens with zero attached hydrogens (tertiary/aromatic N) is 1. The Hall–Kier alpha value is -4.92. The Balaban J connectivity index is 1.27. The van der Waals surface area contributed by atoms with Crippen molar-refractivity contribution >= 4 is 75.7 Å². The van der Waals surface area contributed by atoms with E-state index in [0.717, 1.165) is 28.0 Å². The lowest BCUT2D eigenvalue weighted by atomic mass is 9.82. The van der Waals surface area contributed by atoms with E-state index in [9.17, 15) is 28.8 Å². The minimum Gasteiger partial charge on any atom is -0.483 e. The fourth-order valence-electron chi connectivity index (χ4n) is 5.71. The monoisotopic (exact) mass is 721 g/mol. The molecule has 15 heteroatoms. The summed E-state index contributed by atoms with van der Waals surface area (Å²) in [6, 6.07) is 16.9. The average Bonchev–Trinajstić information content (AvgIpc) is 3.58. The lowest BCUT2D eigenvalue weighted by molar-refractivity contribution is -0.122. The number of nitrogens with one attached hydrogen (secondary N) is 2. The summed E-state index contributed by atoms with van der Waals surface area (Å²) in [5.74, 6) is -4.03. The van der Waals surface area contributed by atoms with Gasteiger partial charge in [-0.2, -0.15) is 0 Å². The van der Waals surface area contributed by atoms with Crippen molar-refractivity contribution in [3.63, 3.8) is 0 Å². The number of aromatic nitrogens is 1. The quantitative estimate of drug-likeness (QED) is 0.163. The predicted molar refractivity (Wildman–Crippen MR) is 183 cm³/mol. The maximum atomic E-state index is 14.2. The summed E-state index contributed by atoms with van der Waals surface area (Å²) in [5, 5.41) is 2.58. The zero-order valence-electron chi connectivity index (χ0n) is 26.0. The van der Waals surface area contributed by atoms with Gasteiger partial charge in [-0.3, -0.25) is 19.2 Å². The van der Waals surface area contributed by atoms with Crippen molar-refractivity contribution in [2.45, 2.75) is 30.0 Å². The lowest BCUT2D eigenvalue weighted by Crippen LogP contribution is -2.32. The largest absolute Gasteiger partial charge is 0.483 e. The number of hydrogen-bond acceptors (Lipinski definition) is 11. The van der Waals surface area contributed by atoms with Gasteiger partial charge in [-0.15, -0.1) is 0 Å². The van der Waals surface area contributed by atoms with Gasteiger partial charge in [0.2, 0.25) is 11.8 Å². The molecule has 49 heavy (non-hydrogen) atoms. The van der Waals surface area contributed by atoms with Gasteiger partial charge in [-0.05, 0) is 80.6 Å². The third kappa shape index (κ3) is 6.84. The van der Waals surface area contributed by atoms with Gasteiger partial charge in [0.05, 0.1) is 41.0 Å². The molecule has 0 saturated carbocycles. The van der Waals surface area contributed by atoms with Crippen LogP contribution < -0.4 is 19.8 Å². The normalized spacial score (nSPS) is 18.0. The number of fused-ring (bicyclic) bond motifs is 2. The van der Waals surface area contributed by atoms with E-state index in [2.05, 4.69) is 10.3 Å². The highest BCUT2D eigenvalue weighted by Crippen LogP contribution is 2.54. The number of thiazole rings is 1. The molecule has 2 N–H and O–H groups in total. The summed E-state index contributed by atoms with van der Waals surface area (Å²) in [6.45, 7) is 3.41. The summed E-state index contributed by atoms with van der Waals surface area (Å²) < 4.78 is 16.0. The number of hydrogen-bond donors (Lipinski definition) is 2. The molecule has 12 nitrogen and oxygen atoms in total. The second-order valence-electron chi connectivity index (χ2n) is 10.8. The molecule has 0 bridgehead atoms. The van der Waals surface area contributed by atoms with E-state index < -0.39 is 53.4 Å². The van der Waals surface area contributed by atoms with Gasteiger partial charge in [-0.25, -0.2) is 14.5 Å². The number of aromatic amines is 1. The van der Waals surface area contributed by atoms with Crippen LogP contribution >= 0.6 is 34.7 Å². The summed E-state index contributed by atoms with van der Waals surface area (Å²) in [5.41, 5.74) is 1.74. The van der Waals surface area contributed by atoms with Crippen LogP contribution in [0.4, 0.5) is 11.4 Å². The Morgan fingerprint density at radius 1 is 0.878 bits per heavy atom. The first kappa shape index (κ1) is 34.0. The molecule has 0 unspecified atom stereocenters. The van der Waals surface area contributed by atoms with E-state index >= 15 is 0 Å². The van der Waals surface area contributed by atoms with Crippen LogP contribution in [-0.4, -0.2) is 59.7 Å². The zero-order chi connectivity index (χ0) is 34.8. The Morgan fingerprint density at radius 3 is 2.14 bits per heavy atom. The Labute approximate surface area is 292 Å². The molecular formula is C34H28ClN3O9S2. The third-order valence-corrected chi connectivity index (χ3v) is 10.4. The number of imide groups is 1. The fourth-order valence-corrected chi connectivity index (χ4v) is 8.39. The number of esters is 2. The minimum atomic E-state index is -0.950. The number of anilines is 2. The first-order chi connectivity index (χ1) is 23.6. The Kier molecular flexibility index (Phi) is 9.90. The molecule has 3 amide bonds. The fraction of sp³-hybridized carbons (Fsp3) is 0.235. The van der Waals surface area contributed by atoms with Gasteiger partial charge in [0.1, 0.15) is 11.0 Å². The molecule has 2 aliphatic rings. The van der Waals surface area contributed by atoms with Crippen molar-refractivity contribution in [1.29, 1.82) is 0 Å². The van der Waals surface area contributed by atoms with Crippen LogP contribution in [0.5, 0.6) is 5.75 Å². The van der Waals surface area contributed by atoms with Gasteiger partial charge in [0.15, 0.2) is 6.61 Å². The molecule has 0 aliphatic carbocycles. The van der Waals surface area contributed by atoms with Crippen LogP contribution in [-0.2, 0) is 23.9 Å². The van der Waals surface area contributed by atoms with E-state index in [-0.39, 0.29) is 35.1 Å². The van der Waals surface area contributed by atoms with Crippen molar-refractivity contribution in [3.05, 3.63) is 103 Å². The van der Waals surface area contributed by atoms with Gasteiger partial charge in [-0.1, -0.05) is 34.7 Å². The van der Waals surface area contributed by atoms with E-state index in [1.165, 1.54) is 36.4 Å². The summed E-state index contributed by atoms with van der Waals surface area (Å²) >= 11 is 8.48. The predicted octanol–water partition coefficient (Wildman–Crippen LogP) is 5.26. The highest BCUT2D eigenvalue weighted by Gasteiger charge is 2.57. The number of thioether (sulfide) groups is 1. The molecule has 252 valence electrons.